The molecule has 0 saturated carbocycles. The van der Waals surface area contributed by atoms with E-state index in [9.17, 15) is 50.1 Å². The van der Waals surface area contributed by atoms with Crippen LogP contribution in [0.4, 0.5) is 0 Å². The standard InChI is InChI=1S/C31H28O14/c32-19-9-5-16(13-21(19)34)7-11-25(36)42-15-24-27(38)29(45-26(37)12-8-17-6-10-20(33)22(35)14-17)28(39)31(44-24)43-23-4-2-1-3-18(23)30(40)41/h1-14,24,27-29,31-35,38-39H,15H2,(H,40,41)/t24-,27-,28-,29+,31-/m1/s1. The molecule has 1 heterocycles. The first-order valence-electron chi connectivity index (χ1n) is 13.2. The van der Waals surface area contributed by atoms with E-state index in [4.69, 9.17) is 18.9 Å². The number of esters is 2. The van der Waals surface area contributed by atoms with Crippen LogP contribution in [0.25, 0.3) is 12.2 Å². The van der Waals surface area contributed by atoms with E-state index >= 15 is 0 Å². The molecule has 1 fully saturated rings. The van der Waals surface area contributed by atoms with Crippen LogP contribution >= 0.6 is 0 Å². The van der Waals surface area contributed by atoms with Gasteiger partial charge in [-0.25, -0.2) is 14.4 Å². The van der Waals surface area contributed by atoms with E-state index in [1.165, 1.54) is 72.8 Å². The summed E-state index contributed by atoms with van der Waals surface area (Å²) < 4.78 is 21.7. The molecule has 4 rings (SSSR count). The molecule has 0 radical (unpaired) electrons. The molecule has 1 aliphatic heterocycles. The van der Waals surface area contributed by atoms with E-state index in [1.54, 1.807) is 0 Å². The predicted octanol–water partition coefficient (Wildman–Crippen LogP) is 1.91. The molecule has 0 unspecified atom stereocenters. The lowest BCUT2D eigenvalue weighted by Crippen LogP contribution is -2.61. The monoisotopic (exact) mass is 624 g/mol. The van der Waals surface area contributed by atoms with Crippen LogP contribution < -0.4 is 4.74 Å². The van der Waals surface area contributed by atoms with Gasteiger partial charge >= 0.3 is 17.9 Å². The summed E-state index contributed by atoms with van der Waals surface area (Å²) in [7, 11) is 0. The van der Waals surface area contributed by atoms with Gasteiger partial charge in [-0.2, -0.15) is 0 Å². The number of carboxylic acids is 1. The molecule has 0 bridgehead atoms. The van der Waals surface area contributed by atoms with Gasteiger partial charge in [-0.15, -0.1) is 0 Å². The first-order chi connectivity index (χ1) is 21.4. The van der Waals surface area contributed by atoms with Crippen molar-refractivity contribution < 1.29 is 69.1 Å². The van der Waals surface area contributed by atoms with Crippen LogP contribution in [0.5, 0.6) is 28.7 Å². The molecule has 236 valence electrons. The lowest BCUT2D eigenvalue weighted by Gasteiger charge is -2.41. The molecule has 3 aromatic carbocycles. The Labute approximate surface area is 254 Å². The Balaban J connectivity index is 1.51. The third-order valence-electron chi connectivity index (χ3n) is 6.47. The van der Waals surface area contributed by atoms with Gasteiger partial charge in [-0.1, -0.05) is 24.3 Å². The van der Waals surface area contributed by atoms with Gasteiger partial charge in [-0.05, 0) is 59.7 Å². The van der Waals surface area contributed by atoms with Gasteiger partial charge in [0.1, 0.15) is 30.1 Å². The molecule has 0 amide bonds. The number of carbonyl (C=O) groups is 3. The van der Waals surface area contributed by atoms with Gasteiger partial charge in [0.05, 0.1) is 0 Å². The van der Waals surface area contributed by atoms with Crippen LogP contribution in [0.3, 0.4) is 0 Å². The number of hydrogen-bond donors (Lipinski definition) is 7. The normalized spacial score (nSPS) is 21.4. The number of aliphatic hydroxyl groups is 2. The third kappa shape index (κ3) is 8.29. The average Bonchev–Trinajstić information content (AvgIpc) is 3.01. The van der Waals surface area contributed by atoms with Crippen molar-refractivity contribution in [3.05, 3.63) is 89.5 Å². The SMILES string of the molecule is O=C(C=Cc1ccc(O)c(O)c1)OC[C@H]1O[C@@H](Oc2ccccc2C(=O)O)[C@H](O)[C@@H](OC(=O)C=Cc2ccc(O)c(O)c2)[C@@H]1O. The molecule has 14 heteroatoms. The van der Waals surface area contributed by atoms with Gasteiger partial charge in [0.2, 0.25) is 6.29 Å². The number of carbonyl (C=O) groups excluding carboxylic acids is 2. The Morgan fingerprint density at radius 3 is 1.91 bits per heavy atom. The number of rotatable bonds is 10. The average molecular weight is 625 g/mol. The number of benzene rings is 3. The molecule has 0 spiro atoms. The zero-order valence-electron chi connectivity index (χ0n) is 23.2. The lowest BCUT2D eigenvalue weighted by atomic mass is 9.98. The van der Waals surface area contributed by atoms with E-state index in [2.05, 4.69) is 0 Å². The highest BCUT2D eigenvalue weighted by atomic mass is 16.7. The third-order valence-corrected chi connectivity index (χ3v) is 6.47. The molecule has 5 atom stereocenters. The van der Waals surface area contributed by atoms with Crippen molar-refractivity contribution >= 4 is 30.1 Å². The smallest absolute Gasteiger partial charge is 0.339 e. The molecule has 0 aromatic heterocycles. The van der Waals surface area contributed by atoms with Gasteiger partial charge in [0.25, 0.3) is 0 Å². The summed E-state index contributed by atoms with van der Waals surface area (Å²) in [5.74, 6) is -5.08. The molecule has 1 saturated heterocycles. The first-order valence-corrected chi connectivity index (χ1v) is 13.2. The summed E-state index contributed by atoms with van der Waals surface area (Å²) in [6, 6.07) is 13.0. The van der Waals surface area contributed by atoms with Crippen molar-refractivity contribution in [1.29, 1.82) is 0 Å². The zero-order chi connectivity index (χ0) is 32.7. The largest absolute Gasteiger partial charge is 0.504 e. The number of hydrogen-bond acceptors (Lipinski definition) is 13. The van der Waals surface area contributed by atoms with E-state index < -0.39 is 66.7 Å². The van der Waals surface area contributed by atoms with Crippen LogP contribution in [-0.4, -0.2) is 91.0 Å². The zero-order valence-corrected chi connectivity index (χ0v) is 23.2. The highest BCUT2D eigenvalue weighted by Gasteiger charge is 2.48. The lowest BCUT2D eigenvalue weighted by molar-refractivity contribution is -0.281. The van der Waals surface area contributed by atoms with Crippen molar-refractivity contribution in [2.45, 2.75) is 30.7 Å². The Bertz CT molecular complexity index is 1610. The first kappa shape index (κ1) is 32.3. The van der Waals surface area contributed by atoms with Crippen molar-refractivity contribution in [2.75, 3.05) is 6.61 Å². The second kappa shape index (κ2) is 14.3. The van der Waals surface area contributed by atoms with Crippen LogP contribution in [0, 0.1) is 0 Å². The number of aromatic carboxylic acids is 1. The van der Waals surface area contributed by atoms with Crippen LogP contribution in [-0.2, 0) is 23.8 Å². The van der Waals surface area contributed by atoms with Crippen LogP contribution in [0.2, 0.25) is 0 Å². The number of aliphatic hydroxyl groups excluding tert-OH is 2. The summed E-state index contributed by atoms with van der Waals surface area (Å²) >= 11 is 0. The molecule has 7 N–H and O–H groups in total. The fourth-order valence-electron chi connectivity index (χ4n) is 4.15. The quantitative estimate of drug-likeness (QED) is 0.0971. The van der Waals surface area contributed by atoms with Crippen molar-refractivity contribution in [3.63, 3.8) is 0 Å². The van der Waals surface area contributed by atoms with Gasteiger partial charge in [0, 0.05) is 12.2 Å². The highest BCUT2D eigenvalue weighted by Crippen LogP contribution is 2.30. The Hall–Kier alpha value is -5.57. The number of carboxylic acid groups (broad SMARTS) is 1. The van der Waals surface area contributed by atoms with E-state index in [-0.39, 0.29) is 22.8 Å². The second-order valence-corrected chi connectivity index (χ2v) is 9.64. The topological polar surface area (TPSA) is 230 Å². The van der Waals surface area contributed by atoms with Crippen molar-refractivity contribution in [1.82, 2.24) is 0 Å². The summed E-state index contributed by atoms with van der Waals surface area (Å²) in [6.07, 6.45) is -4.05. The highest BCUT2D eigenvalue weighted by molar-refractivity contribution is 5.91. The van der Waals surface area contributed by atoms with Crippen molar-refractivity contribution in [2.24, 2.45) is 0 Å². The molecular weight excluding hydrogens is 596 g/mol. The minimum absolute atomic E-state index is 0.210. The molecule has 1 aliphatic rings. The fraction of sp³-hybridized carbons (Fsp3) is 0.194. The number of phenolic OH excluding ortho intramolecular Hbond substituents is 4. The number of aromatic hydroxyl groups is 4. The maximum Gasteiger partial charge on any atom is 0.339 e. The maximum atomic E-state index is 12.6. The van der Waals surface area contributed by atoms with Crippen molar-refractivity contribution in [3.8, 4) is 28.7 Å². The summed E-state index contributed by atoms with van der Waals surface area (Å²) in [5.41, 5.74) is 0.385. The summed E-state index contributed by atoms with van der Waals surface area (Å²) in [6.45, 7) is -0.630. The Morgan fingerprint density at radius 2 is 1.33 bits per heavy atom. The minimum atomic E-state index is -1.86. The van der Waals surface area contributed by atoms with E-state index in [1.807, 2.05) is 0 Å². The van der Waals surface area contributed by atoms with Gasteiger partial charge in [-0.3, -0.25) is 0 Å². The molecule has 45 heavy (non-hydrogen) atoms. The Morgan fingerprint density at radius 1 is 0.756 bits per heavy atom. The van der Waals surface area contributed by atoms with Gasteiger partial charge in [0.15, 0.2) is 35.2 Å². The fourth-order valence-corrected chi connectivity index (χ4v) is 4.15. The predicted molar refractivity (Wildman–Crippen MR) is 153 cm³/mol. The summed E-state index contributed by atoms with van der Waals surface area (Å²) in [5, 5.41) is 69.5. The molecule has 0 aliphatic carbocycles. The maximum absolute atomic E-state index is 12.6. The number of ether oxygens (including phenoxy) is 4. The van der Waals surface area contributed by atoms with Crippen LogP contribution in [0.15, 0.2) is 72.8 Å². The molecule has 14 nitrogen and oxygen atoms in total. The number of phenols is 4. The van der Waals surface area contributed by atoms with Gasteiger partial charge < -0.3 is 54.7 Å². The Kier molecular flexibility index (Phi) is 10.3. The van der Waals surface area contributed by atoms with E-state index in [0.717, 1.165) is 12.2 Å². The number of para-hydroxylation sites is 1. The molecular formula is C31H28O14. The molecule has 3 aromatic rings. The second-order valence-electron chi connectivity index (χ2n) is 9.64. The van der Waals surface area contributed by atoms with Crippen LogP contribution in [0.1, 0.15) is 21.5 Å². The van der Waals surface area contributed by atoms with E-state index in [0.29, 0.717) is 11.1 Å². The minimum Gasteiger partial charge on any atom is -0.504 e. The summed E-state index contributed by atoms with van der Waals surface area (Å²) in [4.78, 5) is 36.7.